The van der Waals surface area contributed by atoms with Gasteiger partial charge in [-0.1, -0.05) is 18.2 Å². The molecule has 1 aliphatic rings. The van der Waals surface area contributed by atoms with Gasteiger partial charge in [-0.2, -0.15) is 5.10 Å². The third-order valence-corrected chi connectivity index (χ3v) is 4.41. The summed E-state index contributed by atoms with van der Waals surface area (Å²) in [6.45, 7) is 2.18. The number of benzene rings is 1. The van der Waals surface area contributed by atoms with Crippen molar-refractivity contribution in [1.82, 2.24) is 30.4 Å². The number of H-pyrrole nitrogens is 1. The first-order valence-corrected chi connectivity index (χ1v) is 8.27. The molecule has 1 aromatic carbocycles. The Balaban J connectivity index is 1.31. The normalized spacial score (nSPS) is 16.9. The molecular formula is C17H20N6O. The zero-order valence-corrected chi connectivity index (χ0v) is 13.3. The zero-order valence-electron chi connectivity index (χ0n) is 13.3. The number of imidazole rings is 1. The fraction of sp³-hybridized carbons (Fsp3) is 0.353. The first-order valence-electron chi connectivity index (χ1n) is 8.27. The molecule has 7 nitrogen and oxygen atoms in total. The SMILES string of the molecule is O=C(NCCCn1ncc2ccccc21)[C@@H]1NCCc2[nH]cnc21. The number of nitrogens with zero attached hydrogens (tertiary/aromatic N) is 3. The van der Waals surface area contributed by atoms with E-state index in [1.54, 1.807) is 6.33 Å². The van der Waals surface area contributed by atoms with E-state index in [4.69, 9.17) is 0 Å². The fourth-order valence-electron chi connectivity index (χ4n) is 3.18. The lowest BCUT2D eigenvalue weighted by Crippen LogP contribution is -2.42. The minimum Gasteiger partial charge on any atom is -0.354 e. The van der Waals surface area contributed by atoms with Crippen LogP contribution in [0.5, 0.6) is 0 Å². The van der Waals surface area contributed by atoms with Crippen molar-refractivity contribution in [2.24, 2.45) is 0 Å². The number of fused-ring (bicyclic) bond motifs is 2. The smallest absolute Gasteiger partial charge is 0.243 e. The average Bonchev–Trinajstić information content (AvgIpc) is 3.25. The van der Waals surface area contributed by atoms with Crippen molar-refractivity contribution in [1.29, 1.82) is 0 Å². The van der Waals surface area contributed by atoms with Gasteiger partial charge in [0.25, 0.3) is 0 Å². The van der Waals surface area contributed by atoms with Crippen LogP contribution in [-0.2, 0) is 17.8 Å². The second-order valence-corrected chi connectivity index (χ2v) is 5.97. The molecule has 0 fully saturated rings. The van der Waals surface area contributed by atoms with Crippen LogP contribution in [0.15, 0.2) is 36.8 Å². The van der Waals surface area contributed by atoms with Crippen molar-refractivity contribution in [2.45, 2.75) is 25.4 Å². The molecule has 1 atom stereocenters. The molecule has 24 heavy (non-hydrogen) atoms. The van der Waals surface area contributed by atoms with Gasteiger partial charge in [0.2, 0.25) is 5.91 Å². The highest BCUT2D eigenvalue weighted by Gasteiger charge is 2.27. The Morgan fingerprint density at radius 2 is 2.29 bits per heavy atom. The molecule has 0 saturated carbocycles. The predicted octanol–water partition coefficient (Wildman–Crippen LogP) is 1.15. The lowest BCUT2D eigenvalue weighted by Gasteiger charge is -2.22. The summed E-state index contributed by atoms with van der Waals surface area (Å²) in [6, 6.07) is 7.78. The molecule has 3 N–H and O–H groups in total. The van der Waals surface area contributed by atoms with Crippen LogP contribution < -0.4 is 10.6 Å². The van der Waals surface area contributed by atoms with Crippen LogP contribution in [0.3, 0.4) is 0 Å². The lowest BCUT2D eigenvalue weighted by atomic mass is 10.1. The molecule has 0 saturated heterocycles. The maximum Gasteiger partial charge on any atom is 0.243 e. The van der Waals surface area contributed by atoms with E-state index in [1.165, 1.54) is 0 Å². The van der Waals surface area contributed by atoms with Crippen molar-refractivity contribution in [3.05, 3.63) is 48.2 Å². The van der Waals surface area contributed by atoms with Gasteiger partial charge in [-0.25, -0.2) is 4.98 Å². The molecule has 1 aliphatic heterocycles. The topological polar surface area (TPSA) is 87.6 Å². The summed E-state index contributed by atoms with van der Waals surface area (Å²) in [5, 5.41) is 11.8. The van der Waals surface area contributed by atoms with Crippen molar-refractivity contribution < 1.29 is 4.79 Å². The highest BCUT2D eigenvalue weighted by molar-refractivity contribution is 5.83. The molecule has 124 valence electrons. The highest BCUT2D eigenvalue weighted by Crippen LogP contribution is 2.19. The first kappa shape index (κ1) is 14.9. The molecule has 0 bridgehead atoms. The number of carbonyl (C=O) groups is 1. The summed E-state index contributed by atoms with van der Waals surface area (Å²) >= 11 is 0. The Morgan fingerprint density at radius 3 is 3.25 bits per heavy atom. The minimum absolute atomic E-state index is 0.0200. The second kappa shape index (κ2) is 6.45. The molecule has 1 amide bonds. The van der Waals surface area contributed by atoms with Crippen molar-refractivity contribution in [3.63, 3.8) is 0 Å². The predicted molar refractivity (Wildman–Crippen MR) is 90.4 cm³/mol. The van der Waals surface area contributed by atoms with E-state index in [1.807, 2.05) is 23.0 Å². The number of aryl methyl sites for hydroxylation is 1. The van der Waals surface area contributed by atoms with Gasteiger partial charge < -0.3 is 15.6 Å². The van der Waals surface area contributed by atoms with Crippen molar-refractivity contribution >= 4 is 16.8 Å². The number of hydrogen-bond donors (Lipinski definition) is 3. The molecule has 0 aliphatic carbocycles. The third-order valence-electron chi connectivity index (χ3n) is 4.41. The molecule has 0 radical (unpaired) electrons. The van der Waals surface area contributed by atoms with E-state index in [0.29, 0.717) is 6.54 Å². The summed E-state index contributed by atoms with van der Waals surface area (Å²) in [7, 11) is 0. The highest BCUT2D eigenvalue weighted by atomic mass is 16.2. The number of aromatic nitrogens is 4. The van der Waals surface area contributed by atoms with Crippen LogP contribution in [0.1, 0.15) is 23.9 Å². The van der Waals surface area contributed by atoms with Crippen LogP contribution in [0, 0.1) is 0 Å². The van der Waals surface area contributed by atoms with Crippen LogP contribution in [0.4, 0.5) is 0 Å². The number of aromatic amines is 1. The molecule has 2 aromatic heterocycles. The van der Waals surface area contributed by atoms with Crippen LogP contribution in [-0.4, -0.2) is 38.7 Å². The molecule has 4 rings (SSSR count). The van der Waals surface area contributed by atoms with E-state index in [2.05, 4.69) is 37.8 Å². The van der Waals surface area contributed by atoms with E-state index in [0.717, 1.165) is 48.2 Å². The van der Waals surface area contributed by atoms with Crippen LogP contribution in [0.2, 0.25) is 0 Å². The standard InChI is InChI=1S/C17H20N6O/c24-17(16-15-13(6-8-18-16)20-11-21-15)19-7-3-9-23-14-5-2-1-4-12(14)10-22-23/h1-2,4-5,10-11,16,18H,3,6-9H2,(H,19,24)(H,20,21)/t16-/m1/s1. The fourth-order valence-corrected chi connectivity index (χ4v) is 3.18. The Labute approximate surface area is 139 Å². The molecule has 0 spiro atoms. The van der Waals surface area contributed by atoms with E-state index in [9.17, 15) is 4.79 Å². The molecule has 3 heterocycles. The maximum atomic E-state index is 12.4. The Bertz CT molecular complexity index is 852. The minimum atomic E-state index is -0.356. The molecule has 3 aromatic rings. The summed E-state index contributed by atoms with van der Waals surface area (Å²) in [5.41, 5.74) is 2.99. The number of rotatable bonds is 5. The first-order chi connectivity index (χ1) is 11.8. The molecule has 0 unspecified atom stereocenters. The maximum absolute atomic E-state index is 12.4. The zero-order chi connectivity index (χ0) is 16.4. The second-order valence-electron chi connectivity index (χ2n) is 5.97. The van der Waals surface area contributed by atoms with E-state index in [-0.39, 0.29) is 11.9 Å². The van der Waals surface area contributed by atoms with Gasteiger partial charge in [0.05, 0.1) is 23.7 Å². The summed E-state index contributed by atoms with van der Waals surface area (Å²) in [4.78, 5) is 19.8. The van der Waals surface area contributed by atoms with Crippen molar-refractivity contribution in [3.8, 4) is 0 Å². The number of amides is 1. The van der Waals surface area contributed by atoms with Crippen LogP contribution >= 0.6 is 0 Å². The van der Waals surface area contributed by atoms with Gasteiger partial charge in [0.1, 0.15) is 6.04 Å². The number of nitrogens with one attached hydrogen (secondary N) is 3. The van der Waals surface area contributed by atoms with Gasteiger partial charge in [-0.05, 0) is 12.5 Å². The van der Waals surface area contributed by atoms with Gasteiger partial charge in [0, 0.05) is 37.1 Å². The van der Waals surface area contributed by atoms with E-state index >= 15 is 0 Å². The third kappa shape index (κ3) is 2.78. The van der Waals surface area contributed by atoms with Crippen molar-refractivity contribution in [2.75, 3.05) is 13.1 Å². The largest absolute Gasteiger partial charge is 0.354 e. The van der Waals surface area contributed by atoms with Gasteiger partial charge >= 0.3 is 0 Å². The van der Waals surface area contributed by atoms with Gasteiger partial charge in [0.15, 0.2) is 0 Å². The summed E-state index contributed by atoms with van der Waals surface area (Å²) in [5.74, 6) is -0.0200. The molecular weight excluding hydrogens is 304 g/mol. The Morgan fingerprint density at radius 1 is 1.38 bits per heavy atom. The Kier molecular flexibility index (Phi) is 4.00. The quantitative estimate of drug-likeness (QED) is 0.615. The van der Waals surface area contributed by atoms with Gasteiger partial charge in [-0.15, -0.1) is 0 Å². The van der Waals surface area contributed by atoms with E-state index < -0.39 is 0 Å². The number of carbonyl (C=O) groups excluding carboxylic acids is 1. The monoisotopic (exact) mass is 324 g/mol. The number of hydrogen-bond acceptors (Lipinski definition) is 4. The average molecular weight is 324 g/mol. The molecule has 7 heteroatoms. The summed E-state index contributed by atoms with van der Waals surface area (Å²) < 4.78 is 1.98. The summed E-state index contributed by atoms with van der Waals surface area (Å²) in [6.07, 6.45) is 5.24. The lowest BCUT2D eigenvalue weighted by molar-refractivity contribution is -0.123. The van der Waals surface area contributed by atoms with Gasteiger partial charge in [-0.3, -0.25) is 9.48 Å². The number of para-hydroxylation sites is 1. The van der Waals surface area contributed by atoms with Crippen LogP contribution in [0.25, 0.3) is 10.9 Å². The Hall–Kier alpha value is -2.67.